The van der Waals surface area contributed by atoms with E-state index >= 15 is 0 Å². The van der Waals surface area contributed by atoms with Crippen LogP contribution < -0.4 is 4.72 Å². The smallest absolute Gasteiger partial charge is 0.242 e. The van der Waals surface area contributed by atoms with Crippen molar-refractivity contribution < 1.29 is 8.42 Å². The molecular formula is C13H12BrClN2O2S. The summed E-state index contributed by atoms with van der Waals surface area (Å²) in [5.74, 6) is 0.144. The molecule has 4 nitrogen and oxygen atoms in total. The van der Waals surface area contributed by atoms with Crippen LogP contribution >= 0.6 is 27.5 Å². The van der Waals surface area contributed by atoms with E-state index in [1.54, 1.807) is 0 Å². The summed E-state index contributed by atoms with van der Waals surface area (Å²) in [6, 6.07) is 10.2. The van der Waals surface area contributed by atoms with Crippen LogP contribution in [0, 0.1) is 0 Å². The van der Waals surface area contributed by atoms with Crippen LogP contribution in [0.5, 0.6) is 0 Å². The Morgan fingerprint density at radius 3 is 2.55 bits per heavy atom. The highest BCUT2D eigenvalue weighted by molar-refractivity contribution is 9.10. The molecule has 2 rings (SSSR count). The minimum absolute atomic E-state index is 0.0953. The predicted molar refractivity (Wildman–Crippen MR) is 82.2 cm³/mol. The maximum Gasteiger partial charge on any atom is 0.242 e. The van der Waals surface area contributed by atoms with E-state index in [0.29, 0.717) is 4.47 Å². The highest BCUT2D eigenvalue weighted by atomic mass is 79.9. The van der Waals surface area contributed by atoms with E-state index in [4.69, 9.17) is 11.6 Å². The lowest BCUT2D eigenvalue weighted by molar-refractivity contribution is 0.567. The van der Waals surface area contributed by atoms with Gasteiger partial charge in [0.1, 0.15) is 4.90 Å². The second kappa shape index (κ2) is 6.67. The van der Waals surface area contributed by atoms with Crippen molar-refractivity contribution in [2.75, 3.05) is 5.88 Å². The minimum Gasteiger partial charge on any atom is -0.262 e. The third-order valence-electron chi connectivity index (χ3n) is 2.64. The van der Waals surface area contributed by atoms with Gasteiger partial charge in [-0.3, -0.25) is 4.98 Å². The van der Waals surface area contributed by atoms with Gasteiger partial charge < -0.3 is 0 Å². The van der Waals surface area contributed by atoms with Gasteiger partial charge >= 0.3 is 0 Å². The normalized spacial score (nSPS) is 13.1. The summed E-state index contributed by atoms with van der Waals surface area (Å²) in [5.41, 5.74) is 0.814. The first-order chi connectivity index (χ1) is 9.53. The molecule has 1 unspecified atom stereocenters. The summed E-state index contributed by atoms with van der Waals surface area (Å²) in [5, 5.41) is 0. The number of hydrogen-bond acceptors (Lipinski definition) is 3. The summed E-state index contributed by atoms with van der Waals surface area (Å²) in [4.78, 5) is 3.95. The van der Waals surface area contributed by atoms with Crippen LogP contribution in [0.4, 0.5) is 0 Å². The lowest BCUT2D eigenvalue weighted by Gasteiger charge is -2.16. The fraction of sp³-hybridized carbons (Fsp3) is 0.154. The van der Waals surface area contributed by atoms with Crippen LogP contribution in [0.2, 0.25) is 0 Å². The third kappa shape index (κ3) is 3.79. The van der Waals surface area contributed by atoms with E-state index in [9.17, 15) is 8.42 Å². The maximum absolute atomic E-state index is 12.3. The lowest BCUT2D eigenvalue weighted by atomic mass is 10.1. The molecule has 0 aliphatic rings. The quantitative estimate of drug-likeness (QED) is 0.817. The molecule has 0 amide bonds. The number of aromatic nitrogens is 1. The number of benzene rings is 1. The van der Waals surface area contributed by atoms with Crippen molar-refractivity contribution in [3.8, 4) is 0 Å². The molecule has 2 aromatic rings. The predicted octanol–water partition coefficient (Wildman–Crippen LogP) is 3.10. The summed E-state index contributed by atoms with van der Waals surface area (Å²) in [6.07, 6.45) is 2.82. The number of halogens is 2. The third-order valence-corrected chi connectivity index (χ3v) is 4.82. The topological polar surface area (TPSA) is 59.1 Å². The molecule has 0 fully saturated rings. The summed E-state index contributed by atoms with van der Waals surface area (Å²) < 4.78 is 27.8. The number of pyridine rings is 1. The summed E-state index contributed by atoms with van der Waals surface area (Å²) in [6.45, 7) is 0. The number of nitrogens with one attached hydrogen (secondary N) is 1. The SMILES string of the molecule is O=S(=O)(NC(CCl)c1ccccc1)c1cncc(Br)c1. The summed E-state index contributed by atoms with van der Waals surface area (Å²) >= 11 is 9.08. The number of sulfonamides is 1. The van der Waals surface area contributed by atoms with E-state index < -0.39 is 16.1 Å². The van der Waals surface area contributed by atoms with Crippen LogP contribution in [-0.2, 0) is 10.0 Å². The molecule has 0 aliphatic carbocycles. The average Bonchev–Trinajstić information content (AvgIpc) is 2.46. The van der Waals surface area contributed by atoms with Crippen molar-refractivity contribution in [1.29, 1.82) is 0 Å². The van der Waals surface area contributed by atoms with E-state index in [1.807, 2.05) is 30.3 Å². The number of alkyl halides is 1. The van der Waals surface area contributed by atoms with Gasteiger partial charge in [-0.25, -0.2) is 13.1 Å². The van der Waals surface area contributed by atoms with Crippen LogP contribution in [0.15, 0.2) is 58.2 Å². The Labute approximate surface area is 131 Å². The molecular weight excluding hydrogens is 364 g/mol. The largest absolute Gasteiger partial charge is 0.262 e. The van der Waals surface area contributed by atoms with Gasteiger partial charge in [-0.15, -0.1) is 11.6 Å². The van der Waals surface area contributed by atoms with Gasteiger partial charge in [-0.2, -0.15) is 0 Å². The van der Waals surface area contributed by atoms with Crippen LogP contribution in [0.1, 0.15) is 11.6 Å². The van der Waals surface area contributed by atoms with Gasteiger partial charge in [0.2, 0.25) is 10.0 Å². The zero-order valence-corrected chi connectivity index (χ0v) is 13.5. The molecule has 1 N–H and O–H groups in total. The van der Waals surface area contributed by atoms with Gasteiger partial charge in [0, 0.05) is 22.7 Å². The standard InChI is InChI=1S/C13H12BrClN2O2S/c14-11-6-12(9-16-8-11)20(18,19)17-13(7-15)10-4-2-1-3-5-10/h1-6,8-9,13,17H,7H2. The van der Waals surface area contributed by atoms with E-state index in [1.165, 1.54) is 18.5 Å². The Kier molecular flexibility index (Phi) is 5.15. The zero-order chi connectivity index (χ0) is 14.6. The molecule has 1 aromatic carbocycles. The molecule has 7 heteroatoms. The Morgan fingerprint density at radius 1 is 1.25 bits per heavy atom. The first-order valence-corrected chi connectivity index (χ1v) is 8.58. The monoisotopic (exact) mass is 374 g/mol. The Balaban J connectivity index is 2.27. The molecule has 0 bridgehead atoms. The number of rotatable bonds is 5. The molecule has 106 valence electrons. The van der Waals surface area contributed by atoms with Gasteiger partial charge in [0.05, 0.1) is 6.04 Å². The molecule has 0 saturated carbocycles. The first-order valence-electron chi connectivity index (χ1n) is 5.77. The van der Waals surface area contributed by atoms with Crippen molar-refractivity contribution in [3.05, 3.63) is 58.8 Å². The van der Waals surface area contributed by atoms with Crippen LogP contribution in [0.3, 0.4) is 0 Å². The van der Waals surface area contributed by atoms with E-state index in [-0.39, 0.29) is 10.8 Å². The molecule has 0 aliphatic heterocycles. The van der Waals surface area contributed by atoms with E-state index in [0.717, 1.165) is 5.56 Å². The fourth-order valence-corrected chi connectivity index (χ4v) is 3.74. The minimum atomic E-state index is -3.67. The Hall–Kier alpha value is -0.950. The van der Waals surface area contributed by atoms with Gasteiger partial charge in [0.25, 0.3) is 0 Å². The lowest BCUT2D eigenvalue weighted by Crippen LogP contribution is -2.29. The number of nitrogens with zero attached hydrogens (tertiary/aromatic N) is 1. The van der Waals surface area contributed by atoms with Gasteiger partial charge in [-0.05, 0) is 27.6 Å². The van der Waals surface area contributed by atoms with Crippen molar-refractivity contribution in [3.63, 3.8) is 0 Å². The second-order valence-electron chi connectivity index (χ2n) is 4.08. The molecule has 0 spiro atoms. The Morgan fingerprint density at radius 2 is 1.95 bits per heavy atom. The second-order valence-corrected chi connectivity index (χ2v) is 7.02. The van der Waals surface area contributed by atoms with Gasteiger partial charge in [0.15, 0.2) is 0 Å². The molecule has 0 saturated heterocycles. The van der Waals surface area contributed by atoms with Crippen molar-refractivity contribution >= 4 is 37.6 Å². The number of hydrogen-bond donors (Lipinski definition) is 1. The van der Waals surface area contributed by atoms with Crippen LogP contribution in [-0.4, -0.2) is 19.3 Å². The fourth-order valence-electron chi connectivity index (χ4n) is 1.67. The maximum atomic E-state index is 12.3. The van der Waals surface area contributed by atoms with Crippen molar-refractivity contribution in [2.45, 2.75) is 10.9 Å². The molecule has 1 atom stereocenters. The summed E-state index contributed by atoms with van der Waals surface area (Å²) in [7, 11) is -3.67. The molecule has 1 heterocycles. The average molecular weight is 376 g/mol. The molecule has 1 aromatic heterocycles. The molecule has 20 heavy (non-hydrogen) atoms. The first kappa shape index (κ1) is 15.4. The highest BCUT2D eigenvalue weighted by Crippen LogP contribution is 2.19. The van der Waals surface area contributed by atoms with Gasteiger partial charge in [-0.1, -0.05) is 30.3 Å². The van der Waals surface area contributed by atoms with Crippen molar-refractivity contribution in [1.82, 2.24) is 9.71 Å². The Bertz CT molecular complexity index is 680. The van der Waals surface area contributed by atoms with Crippen molar-refractivity contribution in [2.24, 2.45) is 0 Å². The molecule has 0 radical (unpaired) electrons. The zero-order valence-electron chi connectivity index (χ0n) is 10.3. The van der Waals surface area contributed by atoms with Crippen LogP contribution in [0.25, 0.3) is 0 Å². The van der Waals surface area contributed by atoms with E-state index in [2.05, 4.69) is 25.6 Å². The highest BCUT2D eigenvalue weighted by Gasteiger charge is 2.21.